The fourth-order valence-electron chi connectivity index (χ4n) is 3.34. The molecule has 0 aromatic carbocycles. The molecule has 20 heavy (non-hydrogen) atoms. The molecule has 1 aliphatic carbocycles. The lowest BCUT2D eigenvalue weighted by Crippen LogP contribution is -2.37. The minimum Gasteiger partial charge on any atom is -0.314 e. The van der Waals surface area contributed by atoms with Gasteiger partial charge >= 0.3 is 0 Å². The Kier molecular flexibility index (Phi) is 6.02. The lowest BCUT2D eigenvalue weighted by atomic mass is 9.91. The zero-order chi connectivity index (χ0) is 14.4. The second kappa shape index (κ2) is 7.77. The molecule has 114 valence electrons. The summed E-state index contributed by atoms with van der Waals surface area (Å²) in [4.78, 5) is 4.51. The Morgan fingerprint density at radius 2 is 2.10 bits per heavy atom. The molecular formula is C16H30N4. The van der Waals surface area contributed by atoms with E-state index in [1.807, 2.05) is 0 Å². The minimum absolute atomic E-state index is 0.620. The zero-order valence-corrected chi connectivity index (χ0v) is 13.3. The summed E-state index contributed by atoms with van der Waals surface area (Å²) in [6.45, 7) is 8.73. The number of hydrogen-bond donors (Lipinski definition) is 1. The predicted octanol–water partition coefficient (Wildman–Crippen LogP) is 3.04. The van der Waals surface area contributed by atoms with Crippen molar-refractivity contribution in [2.24, 2.45) is 11.8 Å². The van der Waals surface area contributed by atoms with Gasteiger partial charge in [0, 0.05) is 19.0 Å². The quantitative estimate of drug-likeness (QED) is 0.813. The third-order valence-corrected chi connectivity index (χ3v) is 4.30. The average Bonchev–Trinajstić information content (AvgIpc) is 2.69. The Bertz CT molecular complexity index is 386. The third kappa shape index (κ3) is 4.30. The monoisotopic (exact) mass is 278 g/mol. The van der Waals surface area contributed by atoms with Crippen molar-refractivity contribution in [2.45, 2.75) is 71.9 Å². The second-order valence-electron chi connectivity index (χ2n) is 6.52. The van der Waals surface area contributed by atoms with E-state index < -0.39 is 0 Å². The first kappa shape index (κ1) is 15.5. The van der Waals surface area contributed by atoms with E-state index in [0.717, 1.165) is 19.5 Å². The van der Waals surface area contributed by atoms with E-state index in [2.05, 4.69) is 40.9 Å². The van der Waals surface area contributed by atoms with Gasteiger partial charge in [-0.1, -0.05) is 40.0 Å². The zero-order valence-electron chi connectivity index (χ0n) is 13.3. The highest BCUT2D eigenvalue weighted by Gasteiger charge is 2.24. The molecule has 1 saturated carbocycles. The molecule has 4 nitrogen and oxygen atoms in total. The Morgan fingerprint density at radius 3 is 2.85 bits per heavy atom. The van der Waals surface area contributed by atoms with Gasteiger partial charge in [-0.2, -0.15) is 5.10 Å². The molecule has 0 aliphatic heterocycles. The molecule has 2 unspecified atom stereocenters. The van der Waals surface area contributed by atoms with Crippen LogP contribution in [0.3, 0.4) is 0 Å². The summed E-state index contributed by atoms with van der Waals surface area (Å²) in [7, 11) is 0. The first-order valence-electron chi connectivity index (χ1n) is 8.30. The number of hydrogen-bond acceptors (Lipinski definition) is 3. The van der Waals surface area contributed by atoms with Crippen LogP contribution in [-0.4, -0.2) is 27.4 Å². The van der Waals surface area contributed by atoms with Gasteiger partial charge in [0.05, 0.1) is 0 Å². The van der Waals surface area contributed by atoms with Crippen LogP contribution in [0.25, 0.3) is 0 Å². The molecular weight excluding hydrogens is 248 g/mol. The van der Waals surface area contributed by atoms with Gasteiger partial charge in [-0.05, 0) is 31.2 Å². The van der Waals surface area contributed by atoms with Gasteiger partial charge in [-0.3, -0.25) is 0 Å². The summed E-state index contributed by atoms with van der Waals surface area (Å²) in [5.41, 5.74) is 0. The van der Waals surface area contributed by atoms with E-state index in [9.17, 15) is 0 Å². The molecule has 1 heterocycles. The Balaban J connectivity index is 2.03. The maximum Gasteiger partial charge on any atom is 0.138 e. The summed E-state index contributed by atoms with van der Waals surface area (Å²) in [6.07, 6.45) is 9.55. The molecule has 1 N–H and O–H groups in total. The van der Waals surface area contributed by atoms with Crippen LogP contribution < -0.4 is 5.32 Å². The highest BCUT2D eigenvalue weighted by molar-refractivity contribution is 4.92. The molecule has 1 aliphatic rings. The molecule has 4 heteroatoms. The van der Waals surface area contributed by atoms with Crippen molar-refractivity contribution in [3.05, 3.63) is 12.2 Å². The van der Waals surface area contributed by atoms with Crippen LogP contribution in [0.5, 0.6) is 0 Å². The normalized spacial score (nSPS) is 24.0. The molecule has 0 amide bonds. The standard InChI is InChI=1S/C16H30N4/c1-4-17-15-9-7-5-6-8-14(15)10-16-18-12-19-20(16)11-13(2)3/h12-15,17H,4-11H2,1-3H3. The van der Waals surface area contributed by atoms with E-state index >= 15 is 0 Å². The van der Waals surface area contributed by atoms with Crippen molar-refractivity contribution in [3.8, 4) is 0 Å². The van der Waals surface area contributed by atoms with Crippen molar-refractivity contribution in [3.63, 3.8) is 0 Å². The Labute approximate surface area is 123 Å². The minimum atomic E-state index is 0.620. The first-order valence-corrected chi connectivity index (χ1v) is 8.30. The second-order valence-corrected chi connectivity index (χ2v) is 6.52. The van der Waals surface area contributed by atoms with E-state index in [4.69, 9.17) is 0 Å². The fraction of sp³-hybridized carbons (Fsp3) is 0.875. The molecule has 2 atom stereocenters. The Hall–Kier alpha value is -0.900. The molecule has 1 fully saturated rings. The maximum absolute atomic E-state index is 4.51. The van der Waals surface area contributed by atoms with Gasteiger partial charge in [-0.15, -0.1) is 0 Å². The van der Waals surface area contributed by atoms with Crippen molar-refractivity contribution in [2.75, 3.05) is 6.54 Å². The van der Waals surface area contributed by atoms with Crippen molar-refractivity contribution >= 4 is 0 Å². The lowest BCUT2D eigenvalue weighted by Gasteiger charge is -2.25. The smallest absolute Gasteiger partial charge is 0.138 e. The summed E-state index contributed by atoms with van der Waals surface area (Å²) >= 11 is 0. The van der Waals surface area contributed by atoms with Gasteiger partial charge in [-0.25, -0.2) is 9.67 Å². The fourth-order valence-corrected chi connectivity index (χ4v) is 3.34. The van der Waals surface area contributed by atoms with Gasteiger partial charge in [0.1, 0.15) is 12.2 Å². The van der Waals surface area contributed by atoms with E-state index in [-0.39, 0.29) is 0 Å². The van der Waals surface area contributed by atoms with E-state index in [0.29, 0.717) is 17.9 Å². The van der Waals surface area contributed by atoms with Gasteiger partial charge in [0.15, 0.2) is 0 Å². The summed E-state index contributed by atoms with van der Waals surface area (Å²) in [5, 5.41) is 8.09. The number of nitrogens with zero attached hydrogens (tertiary/aromatic N) is 3. The molecule has 0 radical (unpaired) electrons. The number of aromatic nitrogens is 3. The number of rotatable bonds is 6. The van der Waals surface area contributed by atoms with Crippen LogP contribution in [0.15, 0.2) is 6.33 Å². The van der Waals surface area contributed by atoms with Crippen molar-refractivity contribution in [1.82, 2.24) is 20.1 Å². The molecule has 1 aromatic rings. The largest absolute Gasteiger partial charge is 0.314 e. The topological polar surface area (TPSA) is 42.7 Å². The van der Waals surface area contributed by atoms with Crippen LogP contribution >= 0.6 is 0 Å². The first-order chi connectivity index (χ1) is 9.70. The SMILES string of the molecule is CCNC1CCCCCC1Cc1ncnn1CC(C)C. The molecule has 2 rings (SSSR count). The molecule has 0 bridgehead atoms. The number of nitrogens with one attached hydrogen (secondary N) is 1. The molecule has 1 aromatic heterocycles. The highest BCUT2D eigenvalue weighted by atomic mass is 15.3. The van der Waals surface area contributed by atoms with E-state index in [1.165, 1.54) is 37.9 Å². The summed E-state index contributed by atoms with van der Waals surface area (Å²) in [6, 6.07) is 0.659. The van der Waals surface area contributed by atoms with Crippen LogP contribution in [0.2, 0.25) is 0 Å². The van der Waals surface area contributed by atoms with Gasteiger partial charge in [0.25, 0.3) is 0 Å². The third-order valence-electron chi connectivity index (χ3n) is 4.30. The Morgan fingerprint density at radius 1 is 1.30 bits per heavy atom. The maximum atomic E-state index is 4.51. The van der Waals surface area contributed by atoms with Crippen molar-refractivity contribution < 1.29 is 0 Å². The summed E-state index contributed by atoms with van der Waals surface area (Å²) < 4.78 is 2.11. The van der Waals surface area contributed by atoms with Crippen LogP contribution in [0, 0.1) is 11.8 Å². The van der Waals surface area contributed by atoms with Crippen LogP contribution in [0.4, 0.5) is 0 Å². The van der Waals surface area contributed by atoms with Gasteiger partial charge in [0.2, 0.25) is 0 Å². The van der Waals surface area contributed by atoms with Gasteiger partial charge < -0.3 is 5.32 Å². The van der Waals surface area contributed by atoms with Crippen LogP contribution in [0.1, 0.15) is 58.7 Å². The van der Waals surface area contributed by atoms with Crippen molar-refractivity contribution in [1.29, 1.82) is 0 Å². The molecule has 0 spiro atoms. The average molecular weight is 278 g/mol. The highest BCUT2D eigenvalue weighted by Crippen LogP contribution is 2.26. The molecule has 0 saturated heterocycles. The lowest BCUT2D eigenvalue weighted by molar-refractivity contribution is 0.324. The summed E-state index contributed by atoms with van der Waals surface area (Å²) in [5.74, 6) is 2.51. The predicted molar refractivity (Wildman–Crippen MR) is 82.6 cm³/mol. The van der Waals surface area contributed by atoms with E-state index in [1.54, 1.807) is 6.33 Å². The van der Waals surface area contributed by atoms with Crippen LogP contribution in [-0.2, 0) is 13.0 Å².